The van der Waals surface area contributed by atoms with Crippen molar-refractivity contribution in [2.75, 3.05) is 18.9 Å². The van der Waals surface area contributed by atoms with Crippen LogP contribution in [0, 0.1) is 12.8 Å². The number of nitrogens with one attached hydrogen (secondary N) is 1. The molecule has 0 saturated carbocycles. The van der Waals surface area contributed by atoms with Crippen molar-refractivity contribution in [1.82, 2.24) is 24.2 Å². The van der Waals surface area contributed by atoms with Crippen LogP contribution in [0.25, 0.3) is 0 Å². The Kier molecular flexibility index (Phi) is 3.87. The van der Waals surface area contributed by atoms with Crippen molar-refractivity contribution in [3.05, 3.63) is 30.0 Å². The van der Waals surface area contributed by atoms with E-state index < -0.39 is 0 Å². The maximum Gasteiger partial charge on any atom is 0.322 e. The van der Waals surface area contributed by atoms with Gasteiger partial charge in [-0.05, 0) is 19.3 Å². The van der Waals surface area contributed by atoms with Crippen LogP contribution in [0.15, 0.2) is 18.5 Å². The van der Waals surface area contributed by atoms with Gasteiger partial charge in [-0.3, -0.25) is 10.00 Å². The maximum absolute atomic E-state index is 12.2. The second kappa shape index (κ2) is 5.82. The number of carbonyl (C=O) groups excluding carboxylic acids is 1. The number of urea groups is 1. The van der Waals surface area contributed by atoms with Gasteiger partial charge in [0.15, 0.2) is 5.82 Å². The average Bonchev–Trinajstić information content (AvgIpc) is 3.05. The molecule has 3 rings (SSSR count). The zero-order valence-corrected chi connectivity index (χ0v) is 13.3. The Hall–Kier alpha value is -2.31. The summed E-state index contributed by atoms with van der Waals surface area (Å²) in [5.74, 6) is 2.20. The van der Waals surface area contributed by atoms with Gasteiger partial charge in [0.05, 0.1) is 0 Å². The molecule has 1 aliphatic heterocycles. The third kappa shape index (κ3) is 2.98. The molecule has 1 unspecified atom stereocenters. The quantitative estimate of drug-likeness (QED) is 0.937. The lowest BCUT2D eigenvalue weighted by atomic mass is 9.99. The van der Waals surface area contributed by atoms with E-state index in [1.165, 1.54) is 0 Å². The lowest BCUT2D eigenvalue weighted by Gasteiger charge is -2.28. The van der Waals surface area contributed by atoms with Gasteiger partial charge in [-0.25, -0.2) is 9.78 Å². The highest BCUT2D eigenvalue weighted by Gasteiger charge is 2.22. The summed E-state index contributed by atoms with van der Waals surface area (Å²) in [6.45, 7) is 3.61. The molecule has 2 aromatic rings. The number of imidazole rings is 1. The third-order valence-electron chi connectivity index (χ3n) is 4.26. The van der Waals surface area contributed by atoms with Crippen molar-refractivity contribution in [2.45, 2.75) is 26.3 Å². The van der Waals surface area contributed by atoms with Gasteiger partial charge in [0.25, 0.3) is 0 Å². The first-order valence-electron chi connectivity index (χ1n) is 7.55. The minimum Gasteiger partial charge on any atom is -0.335 e. The number of hydrogen-bond acceptors (Lipinski definition) is 3. The predicted molar refractivity (Wildman–Crippen MR) is 83.6 cm³/mol. The van der Waals surface area contributed by atoms with Gasteiger partial charge in [-0.1, -0.05) is 0 Å². The van der Waals surface area contributed by atoms with Gasteiger partial charge in [0.2, 0.25) is 0 Å². The Labute approximate surface area is 129 Å². The summed E-state index contributed by atoms with van der Waals surface area (Å²) in [7, 11) is 3.69. The summed E-state index contributed by atoms with van der Waals surface area (Å²) in [5.41, 5.74) is 1.01. The predicted octanol–water partition coefficient (Wildman–Crippen LogP) is 1.65. The van der Waals surface area contributed by atoms with Crippen LogP contribution in [0.4, 0.5) is 10.6 Å². The number of hydrogen-bond donors (Lipinski definition) is 1. The maximum atomic E-state index is 12.2. The number of aromatic nitrogens is 4. The van der Waals surface area contributed by atoms with E-state index in [0.29, 0.717) is 11.7 Å². The van der Waals surface area contributed by atoms with Gasteiger partial charge in [0, 0.05) is 57.8 Å². The topological polar surface area (TPSA) is 68.0 Å². The van der Waals surface area contributed by atoms with Crippen LogP contribution in [-0.2, 0) is 20.0 Å². The van der Waals surface area contributed by atoms with E-state index in [2.05, 4.69) is 20.0 Å². The van der Waals surface area contributed by atoms with Gasteiger partial charge < -0.3 is 9.47 Å². The molecule has 22 heavy (non-hydrogen) atoms. The highest BCUT2D eigenvalue weighted by Crippen LogP contribution is 2.19. The molecular formula is C15H22N6O. The Balaban J connectivity index is 1.55. The number of nitrogens with zero attached hydrogens (tertiary/aromatic N) is 5. The molecule has 0 spiro atoms. The summed E-state index contributed by atoms with van der Waals surface area (Å²) in [5, 5.41) is 7.09. The van der Waals surface area contributed by atoms with Crippen molar-refractivity contribution in [1.29, 1.82) is 0 Å². The molecule has 7 nitrogen and oxygen atoms in total. The first-order valence-corrected chi connectivity index (χ1v) is 7.55. The zero-order valence-electron chi connectivity index (χ0n) is 13.3. The van der Waals surface area contributed by atoms with Gasteiger partial charge in [-0.15, -0.1) is 0 Å². The molecule has 2 amide bonds. The fourth-order valence-electron chi connectivity index (χ4n) is 2.88. The fourth-order valence-corrected chi connectivity index (χ4v) is 2.88. The Morgan fingerprint density at radius 1 is 1.55 bits per heavy atom. The normalized spacial score (nSPS) is 17.1. The van der Waals surface area contributed by atoms with E-state index in [1.807, 2.05) is 39.5 Å². The van der Waals surface area contributed by atoms with Crippen LogP contribution in [0.1, 0.15) is 17.9 Å². The SMILES string of the molecule is Cc1cc(NC(=O)N(C)CC2CCc3nccn3C2)nn1C. The van der Waals surface area contributed by atoms with E-state index >= 15 is 0 Å². The molecule has 118 valence electrons. The second-order valence-corrected chi connectivity index (χ2v) is 6.01. The number of aryl methyl sites for hydroxylation is 3. The highest BCUT2D eigenvalue weighted by atomic mass is 16.2. The molecule has 3 heterocycles. The molecule has 1 N–H and O–H groups in total. The standard InChI is InChI=1S/C15H22N6O/c1-11-8-13(18-20(11)3)17-15(22)19(2)9-12-4-5-14-16-6-7-21(14)10-12/h6-8,12H,4-5,9-10H2,1-3H3,(H,17,18,22). The number of anilines is 1. The Morgan fingerprint density at radius 2 is 2.36 bits per heavy atom. The lowest BCUT2D eigenvalue weighted by Crippen LogP contribution is -2.37. The first-order chi connectivity index (χ1) is 10.5. The minimum absolute atomic E-state index is 0.116. The molecule has 0 saturated heterocycles. The number of rotatable bonds is 3. The van der Waals surface area contributed by atoms with Gasteiger partial charge in [0.1, 0.15) is 5.82 Å². The summed E-state index contributed by atoms with van der Waals surface area (Å²) in [4.78, 5) is 18.3. The summed E-state index contributed by atoms with van der Waals surface area (Å²) < 4.78 is 3.93. The number of carbonyl (C=O) groups is 1. The summed E-state index contributed by atoms with van der Waals surface area (Å²) in [6, 6.07) is 1.75. The molecule has 1 aliphatic rings. The van der Waals surface area contributed by atoms with Crippen LogP contribution in [0.3, 0.4) is 0 Å². The molecule has 1 atom stereocenters. The largest absolute Gasteiger partial charge is 0.335 e. The van der Waals surface area contributed by atoms with Gasteiger partial charge in [-0.2, -0.15) is 5.10 Å². The van der Waals surface area contributed by atoms with Crippen LogP contribution in [0.2, 0.25) is 0 Å². The van der Waals surface area contributed by atoms with Crippen molar-refractivity contribution >= 4 is 11.8 Å². The smallest absolute Gasteiger partial charge is 0.322 e. The van der Waals surface area contributed by atoms with Gasteiger partial charge >= 0.3 is 6.03 Å². The molecule has 0 bridgehead atoms. The molecule has 7 heteroatoms. The molecule has 0 aliphatic carbocycles. The zero-order chi connectivity index (χ0) is 15.7. The van der Waals surface area contributed by atoms with Crippen molar-refractivity contribution in [3.8, 4) is 0 Å². The summed E-state index contributed by atoms with van der Waals surface area (Å²) >= 11 is 0. The third-order valence-corrected chi connectivity index (χ3v) is 4.26. The fraction of sp³-hybridized carbons (Fsp3) is 0.533. The van der Waals surface area contributed by atoms with Crippen LogP contribution < -0.4 is 5.32 Å². The monoisotopic (exact) mass is 302 g/mol. The number of fused-ring (bicyclic) bond motifs is 1. The van der Waals surface area contributed by atoms with E-state index in [1.54, 1.807) is 9.58 Å². The van der Waals surface area contributed by atoms with Crippen LogP contribution in [-0.4, -0.2) is 43.9 Å². The second-order valence-electron chi connectivity index (χ2n) is 6.01. The van der Waals surface area contributed by atoms with E-state index in [4.69, 9.17) is 0 Å². The number of amides is 2. The average molecular weight is 302 g/mol. The van der Waals surface area contributed by atoms with Crippen molar-refractivity contribution < 1.29 is 4.79 Å². The lowest BCUT2D eigenvalue weighted by molar-refractivity contribution is 0.205. The van der Waals surface area contributed by atoms with E-state index in [-0.39, 0.29) is 6.03 Å². The van der Waals surface area contributed by atoms with E-state index in [9.17, 15) is 4.79 Å². The van der Waals surface area contributed by atoms with Crippen LogP contribution in [0.5, 0.6) is 0 Å². The van der Waals surface area contributed by atoms with Crippen LogP contribution >= 0.6 is 0 Å². The van der Waals surface area contributed by atoms with Crippen molar-refractivity contribution in [2.24, 2.45) is 13.0 Å². The molecule has 0 radical (unpaired) electrons. The van der Waals surface area contributed by atoms with E-state index in [0.717, 1.165) is 37.4 Å². The van der Waals surface area contributed by atoms with Crippen molar-refractivity contribution in [3.63, 3.8) is 0 Å². The molecule has 2 aromatic heterocycles. The minimum atomic E-state index is -0.116. The first kappa shape index (κ1) is 14.6. The Morgan fingerprint density at radius 3 is 3.09 bits per heavy atom. The molecule has 0 fully saturated rings. The molecule has 0 aromatic carbocycles. The Bertz CT molecular complexity index is 654. The summed E-state index contributed by atoms with van der Waals surface area (Å²) in [6.07, 6.45) is 5.90. The molecular weight excluding hydrogens is 280 g/mol. The highest BCUT2D eigenvalue weighted by molar-refractivity contribution is 5.88.